The Bertz CT molecular complexity index is 632. The van der Waals surface area contributed by atoms with Gasteiger partial charge in [0.1, 0.15) is 0 Å². The first-order chi connectivity index (χ1) is 9.72. The predicted octanol–water partition coefficient (Wildman–Crippen LogP) is 1.40. The molecule has 0 amide bonds. The third-order valence-electron chi connectivity index (χ3n) is 3.40. The van der Waals surface area contributed by atoms with Gasteiger partial charge in [-0.3, -0.25) is 0 Å². The van der Waals surface area contributed by atoms with Crippen molar-refractivity contribution in [2.75, 3.05) is 20.7 Å². The first-order valence-corrected chi connectivity index (χ1v) is 8.07. The maximum atomic E-state index is 12.4. The van der Waals surface area contributed by atoms with E-state index in [1.165, 1.54) is 13.2 Å². The molecular formula is C14H23ClN2O4S. The van der Waals surface area contributed by atoms with Gasteiger partial charge in [-0.25, -0.2) is 17.9 Å². The van der Waals surface area contributed by atoms with Crippen LogP contribution in [0.5, 0.6) is 0 Å². The van der Waals surface area contributed by atoms with Crippen molar-refractivity contribution in [2.24, 2.45) is 0 Å². The highest BCUT2D eigenvalue weighted by molar-refractivity contribution is 7.89. The zero-order valence-corrected chi connectivity index (χ0v) is 15.0. The summed E-state index contributed by atoms with van der Waals surface area (Å²) >= 11 is 0. The van der Waals surface area contributed by atoms with Crippen molar-refractivity contribution in [1.82, 2.24) is 10.0 Å². The lowest BCUT2D eigenvalue weighted by molar-refractivity contribution is 0.0600. The Labute approximate surface area is 138 Å². The molecule has 0 saturated heterocycles. The van der Waals surface area contributed by atoms with Gasteiger partial charge < -0.3 is 10.1 Å². The van der Waals surface area contributed by atoms with Crippen molar-refractivity contribution in [2.45, 2.75) is 31.7 Å². The SMILES string of the molecule is CNC(C)CNS(=O)(=O)c1cc(C(=O)OC)cc(C)c1C.Cl. The number of esters is 1. The zero-order chi connectivity index (χ0) is 16.2. The molecule has 2 N–H and O–H groups in total. The van der Waals surface area contributed by atoms with Crippen LogP contribution in [0.15, 0.2) is 17.0 Å². The summed E-state index contributed by atoms with van der Waals surface area (Å²) in [6.07, 6.45) is 0. The molecule has 0 aliphatic rings. The van der Waals surface area contributed by atoms with Gasteiger partial charge >= 0.3 is 5.97 Å². The molecule has 22 heavy (non-hydrogen) atoms. The second kappa shape index (κ2) is 8.47. The Balaban J connectivity index is 0.00000441. The number of hydrogen-bond acceptors (Lipinski definition) is 5. The van der Waals surface area contributed by atoms with Crippen molar-refractivity contribution in [3.63, 3.8) is 0 Å². The van der Waals surface area contributed by atoms with Gasteiger partial charge in [-0.2, -0.15) is 0 Å². The summed E-state index contributed by atoms with van der Waals surface area (Å²) in [4.78, 5) is 11.7. The van der Waals surface area contributed by atoms with Crippen LogP contribution in [0.25, 0.3) is 0 Å². The molecule has 0 radical (unpaired) electrons. The molecule has 0 bridgehead atoms. The Kier molecular flexibility index (Phi) is 8.03. The lowest BCUT2D eigenvalue weighted by Gasteiger charge is -2.15. The zero-order valence-electron chi connectivity index (χ0n) is 13.4. The second-order valence-corrected chi connectivity index (χ2v) is 6.68. The molecule has 1 aromatic carbocycles. The predicted molar refractivity (Wildman–Crippen MR) is 88.2 cm³/mol. The molecular weight excluding hydrogens is 328 g/mol. The van der Waals surface area contributed by atoms with Gasteiger partial charge in [0.05, 0.1) is 17.6 Å². The number of benzene rings is 1. The summed E-state index contributed by atoms with van der Waals surface area (Å²) < 4.78 is 32.0. The molecule has 0 aliphatic heterocycles. The van der Waals surface area contributed by atoms with Gasteiger partial charge in [0, 0.05) is 12.6 Å². The molecule has 1 rings (SSSR count). The lowest BCUT2D eigenvalue weighted by atomic mass is 10.1. The van der Waals surface area contributed by atoms with E-state index >= 15 is 0 Å². The highest BCUT2D eigenvalue weighted by atomic mass is 35.5. The van der Waals surface area contributed by atoms with Crippen LogP contribution in [0.3, 0.4) is 0 Å². The van der Waals surface area contributed by atoms with Crippen molar-refractivity contribution >= 4 is 28.4 Å². The summed E-state index contributed by atoms with van der Waals surface area (Å²) in [6, 6.07) is 2.97. The number of carbonyl (C=O) groups is 1. The van der Waals surface area contributed by atoms with E-state index in [1.54, 1.807) is 27.0 Å². The number of nitrogens with one attached hydrogen (secondary N) is 2. The van der Waals surface area contributed by atoms with Crippen LogP contribution in [0.2, 0.25) is 0 Å². The molecule has 6 nitrogen and oxygen atoms in total. The fourth-order valence-corrected chi connectivity index (χ4v) is 3.23. The number of methoxy groups -OCH3 is 1. The number of likely N-dealkylation sites (N-methyl/N-ethyl adjacent to an activating group) is 1. The van der Waals surface area contributed by atoms with Crippen LogP contribution in [0.4, 0.5) is 0 Å². The molecule has 1 unspecified atom stereocenters. The first-order valence-electron chi connectivity index (χ1n) is 6.59. The Morgan fingerprint density at radius 2 is 1.91 bits per heavy atom. The molecule has 8 heteroatoms. The molecule has 1 aromatic rings. The monoisotopic (exact) mass is 350 g/mol. The maximum Gasteiger partial charge on any atom is 0.337 e. The van der Waals surface area contributed by atoms with Crippen molar-refractivity contribution in [1.29, 1.82) is 0 Å². The third kappa shape index (κ3) is 4.95. The number of hydrogen-bond donors (Lipinski definition) is 2. The summed E-state index contributed by atoms with van der Waals surface area (Å²) in [5, 5.41) is 2.95. The number of rotatable bonds is 6. The molecule has 1 atom stereocenters. The van der Waals surface area contributed by atoms with Gasteiger partial charge in [-0.15, -0.1) is 12.4 Å². The Hall–Kier alpha value is -1.15. The van der Waals surface area contributed by atoms with E-state index < -0.39 is 16.0 Å². The standard InChI is InChI=1S/C14H22N2O4S.ClH/c1-9-6-12(14(17)20-5)7-13(11(9)3)21(18,19)16-8-10(2)15-4;/h6-7,10,15-16H,8H2,1-5H3;1H. The van der Waals surface area contributed by atoms with Gasteiger partial charge in [-0.05, 0) is 51.1 Å². The normalized spacial score (nSPS) is 12.4. The number of ether oxygens (including phenoxy) is 1. The van der Waals surface area contributed by atoms with E-state index in [0.29, 0.717) is 5.56 Å². The average molecular weight is 351 g/mol. The van der Waals surface area contributed by atoms with Crippen LogP contribution in [-0.4, -0.2) is 41.1 Å². The van der Waals surface area contributed by atoms with E-state index in [-0.39, 0.29) is 35.5 Å². The quantitative estimate of drug-likeness (QED) is 0.757. The minimum absolute atomic E-state index is 0. The average Bonchev–Trinajstić information content (AvgIpc) is 2.46. The smallest absolute Gasteiger partial charge is 0.337 e. The Morgan fingerprint density at radius 1 is 1.32 bits per heavy atom. The molecule has 0 spiro atoms. The van der Waals surface area contributed by atoms with Crippen molar-refractivity contribution in [3.8, 4) is 0 Å². The topological polar surface area (TPSA) is 84.5 Å². The number of sulfonamides is 1. The van der Waals surface area contributed by atoms with Crippen molar-refractivity contribution < 1.29 is 17.9 Å². The summed E-state index contributed by atoms with van der Waals surface area (Å²) in [5.41, 5.74) is 1.56. The molecule has 126 valence electrons. The maximum absolute atomic E-state index is 12.4. The summed E-state index contributed by atoms with van der Waals surface area (Å²) in [6.45, 7) is 5.61. The van der Waals surface area contributed by atoms with E-state index in [1.807, 2.05) is 6.92 Å². The second-order valence-electron chi connectivity index (χ2n) is 4.95. The van der Waals surface area contributed by atoms with E-state index in [2.05, 4.69) is 14.8 Å². The van der Waals surface area contributed by atoms with Crippen molar-refractivity contribution in [3.05, 3.63) is 28.8 Å². The van der Waals surface area contributed by atoms with Gasteiger partial charge in [0.15, 0.2) is 0 Å². The molecule has 0 fully saturated rings. The van der Waals surface area contributed by atoms with E-state index in [4.69, 9.17) is 0 Å². The molecule has 0 aromatic heterocycles. The number of aryl methyl sites for hydroxylation is 1. The first kappa shape index (κ1) is 20.9. The Morgan fingerprint density at radius 3 is 2.41 bits per heavy atom. The van der Waals surface area contributed by atoms with Gasteiger partial charge in [0.2, 0.25) is 10.0 Å². The van der Waals surface area contributed by atoms with Gasteiger partial charge in [0.25, 0.3) is 0 Å². The van der Waals surface area contributed by atoms with Crippen LogP contribution < -0.4 is 10.0 Å². The van der Waals surface area contributed by atoms with Crippen LogP contribution in [0.1, 0.15) is 28.4 Å². The highest BCUT2D eigenvalue weighted by Gasteiger charge is 2.21. The lowest BCUT2D eigenvalue weighted by Crippen LogP contribution is -2.37. The van der Waals surface area contributed by atoms with Crippen LogP contribution in [0, 0.1) is 13.8 Å². The third-order valence-corrected chi connectivity index (χ3v) is 4.95. The van der Waals surface area contributed by atoms with E-state index in [0.717, 1.165) is 5.56 Å². The molecule has 0 saturated carbocycles. The number of carbonyl (C=O) groups excluding carboxylic acids is 1. The highest BCUT2D eigenvalue weighted by Crippen LogP contribution is 2.21. The molecule has 0 heterocycles. The number of halogens is 1. The minimum Gasteiger partial charge on any atom is -0.465 e. The fraction of sp³-hybridized carbons (Fsp3) is 0.500. The van der Waals surface area contributed by atoms with E-state index in [9.17, 15) is 13.2 Å². The summed E-state index contributed by atoms with van der Waals surface area (Å²) in [5.74, 6) is -0.557. The van der Waals surface area contributed by atoms with Gasteiger partial charge in [-0.1, -0.05) is 0 Å². The minimum atomic E-state index is -3.68. The van der Waals surface area contributed by atoms with Crippen LogP contribution >= 0.6 is 12.4 Å². The largest absolute Gasteiger partial charge is 0.465 e. The molecule has 0 aliphatic carbocycles. The fourth-order valence-electron chi connectivity index (χ4n) is 1.76. The summed E-state index contributed by atoms with van der Waals surface area (Å²) in [7, 11) is -0.662. The van der Waals surface area contributed by atoms with Crippen LogP contribution in [-0.2, 0) is 14.8 Å².